The van der Waals surface area contributed by atoms with Gasteiger partial charge < -0.3 is 9.47 Å². The van der Waals surface area contributed by atoms with Gasteiger partial charge in [-0.3, -0.25) is 9.10 Å². The lowest BCUT2D eigenvalue weighted by Gasteiger charge is -2.22. The summed E-state index contributed by atoms with van der Waals surface area (Å²) in [6.45, 7) is 4.68. The van der Waals surface area contributed by atoms with Crippen molar-refractivity contribution in [2.24, 2.45) is 5.10 Å². The maximum Gasteiger partial charge on any atom is 0.344 e. The fraction of sp³-hybridized carbons (Fsp3) is 0.318. The number of hydrogen-bond acceptors (Lipinski definition) is 7. The Morgan fingerprint density at radius 3 is 2.33 bits per heavy atom. The molecule has 178 valence electrons. The van der Waals surface area contributed by atoms with Gasteiger partial charge in [0.05, 0.1) is 18.2 Å². The Morgan fingerprint density at radius 2 is 1.76 bits per heavy atom. The summed E-state index contributed by atoms with van der Waals surface area (Å²) in [4.78, 5) is 24.0. The van der Waals surface area contributed by atoms with E-state index in [0.717, 1.165) is 10.6 Å². The van der Waals surface area contributed by atoms with E-state index in [1.807, 2.05) is 0 Å². The van der Waals surface area contributed by atoms with E-state index in [2.05, 4.69) is 26.5 Å². The number of anilines is 1. The van der Waals surface area contributed by atoms with E-state index < -0.39 is 34.0 Å². The van der Waals surface area contributed by atoms with Crippen LogP contribution in [0.5, 0.6) is 5.75 Å². The molecule has 0 atom stereocenters. The molecule has 11 heteroatoms. The first-order chi connectivity index (χ1) is 15.3. The fourth-order valence-electron chi connectivity index (χ4n) is 2.54. The van der Waals surface area contributed by atoms with Crippen LogP contribution in [0, 0.1) is 0 Å². The van der Waals surface area contributed by atoms with Crippen LogP contribution in [0.4, 0.5) is 5.69 Å². The molecule has 0 radical (unpaired) electrons. The molecule has 0 fully saturated rings. The number of hydrogen-bond donors (Lipinski definition) is 1. The van der Waals surface area contributed by atoms with Crippen molar-refractivity contribution in [2.75, 3.05) is 23.7 Å². The molecule has 9 nitrogen and oxygen atoms in total. The summed E-state index contributed by atoms with van der Waals surface area (Å²) in [6, 6.07) is 13.4. The monoisotopic (exact) mass is 539 g/mol. The molecule has 0 aromatic heterocycles. The highest BCUT2D eigenvalue weighted by Gasteiger charge is 2.22. The zero-order valence-electron chi connectivity index (χ0n) is 18.7. The van der Waals surface area contributed by atoms with Crippen LogP contribution in [0.25, 0.3) is 0 Å². The van der Waals surface area contributed by atoms with Crippen molar-refractivity contribution in [2.45, 2.75) is 26.4 Å². The third-order valence-electron chi connectivity index (χ3n) is 3.87. The molecule has 2 aromatic rings. The Hall–Kier alpha value is -2.92. The smallest absolute Gasteiger partial charge is 0.344 e. The number of nitrogens with zero attached hydrogens (tertiary/aromatic N) is 2. The van der Waals surface area contributed by atoms with E-state index in [4.69, 9.17) is 9.47 Å². The van der Waals surface area contributed by atoms with Crippen molar-refractivity contribution < 1.29 is 27.5 Å². The zero-order valence-corrected chi connectivity index (χ0v) is 21.1. The van der Waals surface area contributed by atoms with Gasteiger partial charge in [-0.25, -0.2) is 18.6 Å². The van der Waals surface area contributed by atoms with E-state index in [-0.39, 0.29) is 6.61 Å². The van der Waals surface area contributed by atoms with Gasteiger partial charge in [0, 0.05) is 4.47 Å². The molecule has 0 aliphatic rings. The number of carbonyl (C=O) groups excluding carboxylic acids is 2. The Balaban J connectivity index is 1.91. The van der Waals surface area contributed by atoms with Gasteiger partial charge in [0.25, 0.3) is 5.91 Å². The lowest BCUT2D eigenvalue weighted by molar-refractivity contribution is -0.157. The molecule has 33 heavy (non-hydrogen) atoms. The van der Waals surface area contributed by atoms with Gasteiger partial charge in [0.2, 0.25) is 10.0 Å². The van der Waals surface area contributed by atoms with Crippen LogP contribution in [0.2, 0.25) is 0 Å². The molecule has 0 aliphatic heterocycles. The van der Waals surface area contributed by atoms with Crippen molar-refractivity contribution in [3.05, 3.63) is 58.6 Å². The van der Waals surface area contributed by atoms with E-state index in [0.29, 0.717) is 21.5 Å². The van der Waals surface area contributed by atoms with Crippen molar-refractivity contribution >= 4 is 49.7 Å². The minimum Gasteiger partial charge on any atom is -0.482 e. The van der Waals surface area contributed by atoms with Crippen LogP contribution < -0.4 is 14.5 Å². The quantitative estimate of drug-likeness (QED) is 0.297. The second-order valence-electron chi connectivity index (χ2n) is 7.96. The third-order valence-corrected chi connectivity index (χ3v) is 5.67. The molecule has 0 aliphatic carbocycles. The summed E-state index contributed by atoms with van der Waals surface area (Å²) in [6.07, 6.45) is 2.42. The minimum atomic E-state index is -3.70. The second-order valence-corrected chi connectivity index (χ2v) is 10.7. The number of benzene rings is 2. The van der Waals surface area contributed by atoms with E-state index in [9.17, 15) is 18.0 Å². The molecule has 0 spiro atoms. The first-order valence-corrected chi connectivity index (χ1v) is 12.5. The maximum atomic E-state index is 12.3. The van der Waals surface area contributed by atoms with E-state index >= 15 is 0 Å². The predicted octanol–water partition coefficient (Wildman–Crippen LogP) is 3.09. The summed E-state index contributed by atoms with van der Waals surface area (Å²) in [7, 11) is -3.70. The van der Waals surface area contributed by atoms with Crippen LogP contribution in [0.15, 0.2) is 58.1 Å². The summed E-state index contributed by atoms with van der Waals surface area (Å²) < 4.78 is 36.4. The van der Waals surface area contributed by atoms with Crippen molar-refractivity contribution in [3.63, 3.8) is 0 Å². The maximum absolute atomic E-state index is 12.3. The number of sulfonamides is 1. The van der Waals surface area contributed by atoms with Crippen LogP contribution in [0.3, 0.4) is 0 Å². The van der Waals surface area contributed by atoms with Gasteiger partial charge in [-0.2, -0.15) is 5.10 Å². The van der Waals surface area contributed by atoms with Gasteiger partial charge in [-0.05, 0) is 78.7 Å². The first kappa shape index (κ1) is 26.3. The van der Waals surface area contributed by atoms with Crippen LogP contribution >= 0.6 is 15.9 Å². The number of rotatable bonds is 9. The SMILES string of the molecule is CC(C)(C)OC(=O)COc1ccc(/C=N\NC(=O)CN(c2ccccc2Br)S(C)(=O)=O)cc1. The Labute approximate surface area is 201 Å². The van der Waals surface area contributed by atoms with Gasteiger partial charge in [0.15, 0.2) is 6.61 Å². The van der Waals surface area contributed by atoms with Gasteiger partial charge >= 0.3 is 5.97 Å². The topological polar surface area (TPSA) is 114 Å². The number of carbonyl (C=O) groups is 2. The van der Waals surface area contributed by atoms with E-state index in [1.165, 1.54) is 6.21 Å². The molecular formula is C22H26BrN3O6S. The van der Waals surface area contributed by atoms with E-state index in [1.54, 1.807) is 69.3 Å². The molecule has 2 rings (SSSR count). The van der Waals surface area contributed by atoms with Crippen LogP contribution in [0.1, 0.15) is 26.3 Å². The lowest BCUT2D eigenvalue weighted by Crippen LogP contribution is -2.39. The van der Waals surface area contributed by atoms with Gasteiger partial charge in [-0.15, -0.1) is 0 Å². The number of nitrogens with one attached hydrogen (secondary N) is 1. The average molecular weight is 540 g/mol. The number of esters is 1. The average Bonchev–Trinajstić information content (AvgIpc) is 2.70. The Morgan fingerprint density at radius 1 is 1.12 bits per heavy atom. The normalized spacial score (nSPS) is 11.8. The molecule has 2 aromatic carbocycles. The van der Waals surface area contributed by atoms with Crippen molar-refractivity contribution in [1.29, 1.82) is 0 Å². The third kappa shape index (κ3) is 9.22. The standard InChI is InChI=1S/C22H26BrN3O6S/c1-22(2,3)32-21(28)15-31-17-11-9-16(10-12-17)13-24-25-20(27)14-26(33(4,29)30)19-8-6-5-7-18(19)23/h5-13H,14-15H2,1-4H3,(H,25,27)/b24-13-. The number of para-hydroxylation sites is 1. The van der Waals surface area contributed by atoms with Crippen molar-refractivity contribution in [3.8, 4) is 5.75 Å². The second kappa shape index (κ2) is 11.3. The molecule has 0 saturated heterocycles. The molecule has 0 bridgehead atoms. The molecule has 1 N–H and O–H groups in total. The largest absolute Gasteiger partial charge is 0.482 e. The highest BCUT2D eigenvalue weighted by atomic mass is 79.9. The van der Waals surface area contributed by atoms with Crippen LogP contribution in [-0.4, -0.2) is 51.5 Å². The van der Waals surface area contributed by atoms with Gasteiger partial charge in [-0.1, -0.05) is 12.1 Å². The lowest BCUT2D eigenvalue weighted by atomic mass is 10.2. The molecule has 0 heterocycles. The number of ether oxygens (including phenoxy) is 2. The summed E-state index contributed by atoms with van der Waals surface area (Å²) in [5, 5.41) is 3.86. The Bertz CT molecular complexity index is 1110. The molecule has 1 amide bonds. The number of hydrazone groups is 1. The molecule has 0 unspecified atom stereocenters. The fourth-order valence-corrected chi connectivity index (χ4v) is 4.03. The minimum absolute atomic E-state index is 0.213. The predicted molar refractivity (Wildman–Crippen MR) is 130 cm³/mol. The summed E-state index contributed by atoms with van der Waals surface area (Å²) in [5.41, 5.74) is 2.74. The molecular weight excluding hydrogens is 514 g/mol. The molecule has 0 saturated carbocycles. The van der Waals surface area contributed by atoms with Crippen molar-refractivity contribution in [1.82, 2.24) is 5.43 Å². The zero-order chi connectivity index (χ0) is 24.6. The highest BCUT2D eigenvalue weighted by molar-refractivity contribution is 9.10. The summed E-state index contributed by atoms with van der Waals surface area (Å²) >= 11 is 3.30. The number of halogens is 1. The number of amides is 1. The van der Waals surface area contributed by atoms with Gasteiger partial charge in [0.1, 0.15) is 17.9 Å². The highest BCUT2D eigenvalue weighted by Crippen LogP contribution is 2.27. The van der Waals surface area contributed by atoms with Crippen LogP contribution in [-0.2, 0) is 24.3 Å². The summed E-state index contributed by atoms with van der Waals surface area (Å²) in [5.74, 6) is -0.606. The first-order valence-electron chi connectivity index (χ1n) is 9.84. The Kier molecular flexibility index (Phi) is 9.00.